The molecule has 2 aliphatic rings. The van der Waals surface area contributed by atoms with E-state index in [1.54, 1.807) is 13.8 Å². The fraction of sp³-hybridized carbons (Fsp3) is 0.360. The van der Waals surface area contributed by atoms with Gasteiger partial charge in [0.1, 0.15) is 23.2 Å². The molecule has 1 N–H and O–H groups in total. The molecule has 0 aromatic heterocycles. The number of phenolic OH excluding ortho intramolecular Hbond substituents is 1. The van der Waals surface area contributed by atoms with Gasteiger partial charge in [0.25, 0.3) is 0 Å². The number of aryl methyl sites for hydroxylation is 2. The lowest BCUT2D eigenvalue weighted by molar-refractivity contribution is 0.0475. The first-order valence-corrected chi connectivity index (χ1v) is 10.7. The van der Waals surface area contributed by atoms with Crippen LogP contribution in [0, 0.1) is 13.8 Å². The van der Waals surface area contributed by atoms with Crippen molar-refractivity contribution in [2.24, 2.45) is 0 Å². The number of hydrogen-bond donors (Lipinski definition) is 1. The first kappa shape index (κ1) is 21.9. The van der Waals surface area contributed by atoms with Gasteiger partial charge in [-0.3, -0.25) is 0 Å². The third-order valence-corrected chi connectivity index (χ3v) is 5.84. The van der Waals surface area contributed by atoms with Gasteiger partial charge in [-0.15, -0.1) is 0 Å². The minimum Gasteiger partial charge on any atom is -0.506 e. The van der Waals surface area contributed by atoms with Gasteiger partial charge >= 0.3 is 11.9 Å². The van der Waals surface area contributed by atoms with Crippen molar-refractivity contribution >= 4 is 28.3 Å². The molecule has 1 heterocycles. The van der Waals surface area contributed by atoms with Crippen molar-refractivity contribution in [3.05, 3.63) is 57.9 Å². The Labute approximate surface area is 186 Å². The molecule has 2 aromatic rings. The molecule has 1 aliphatic heterocycles. The van der Waals surface area contributed by atoms with E-state index in [2.05, 4.69) is 0 Å². The summed E-state index contributed by atoms with van der Waals surface area (Å²) in [7, 11) is 0. The minimum atomic E-state index is -0.775. The zero-order valence-corrected chi connectivity index (χ0v) is 18.6. The van der Waals surface area contributed by atoms with Gasteiger partial charge in [0.15, 0.2) is 6.79 Å². The van der Waals surface area contributed by atoms with Crippen LogP contribution in [0.1, 0.15) is 57.7 Å². The van der Waals surface area contributed by atoms with E-state index in [0.717, 1.165) is 22.5 Å². The van der Waals surface area contributed by atoms with Gasteiger partial charge in [0, 0.05) is 17.4 Å². The molecule has 32 heavy (non-hydrogen) atoms. The van der Waals surface area contributed by atoms with Crippen LogP contribution >= 0.6 is 0 Å². The quantitative estimate of drug-likeness (QED) is 0.684. The van der Waals surface area contributed by atoms with Crippen LogP contribution in [0.15, 0.2) is 30.0 Å². The Morgan fingerprint density at radius 3 is 2.28 bits per heavy atom. The topological polar surface area (TPSA) is 91.3 Å². The zero-order chi connectivity index (χ0) is 23.0. The normalized spacial score (nSPS) is 17.3. The number of allylic oxidation sites excluding steroid dienone is 2. The predicted molar refractivity (Wildman–Crippen MR) is 119 cm³/mol. The minimum absolute atomic E-state index is 0.000526. The highest BCUT2D eigenvalue weighted by molar-refractivity contribution is 6.16. The van der Waals surface area contributed by atoms with Crippen molar-refractivity contribution in [3.8, 4) is 5.75 Å². The molecule has 1 unspecified atom stereocenters. The van der Waals surface area contributed by atoms with Crippen LogP contribution in [-0.2, 0) is 18.9 Å². The number of aromatic hydroxyl groups is 1. The number of carbonyl (C=O) groups excluding carboxylic acids is 2. The summed E-state index contributed by atoms with van der Waals surface area (Å²) < 4.78 is 21.7. The molecule has 0 saturated carbocycles. The molecule has 1 saturated heterocycles. The van der Waals surface area contributed by atoms with Crippen molar-refractivity contribution in [3.63, 3.8) is 0 Å². The smallest absolute Gasteiger partial charge is 0.342 e. The molecule has 4 rings (SSSR count). The SMILES string of the molecule is CCOC(=O)c1c(C(=O)OCC)c(C2=CC=C3OCOC3C2)c2cc(C)c(C)cc2c1O. The average Bonchev–Trinajstić information content (AvgIpc) is 3.23. The van der Waals surface area contributed by atoms with Crippen LogP contribution in [0.25, 0.3) is 16.3 Å². The summed E-state index contributed by atoms with van der Waals surface area (Å²) in [6.45, 7) is 7.63. The predicted octanol–water partition coefficient (Wildman–Crippen LogP) is 4.56. The summed E-state index contributed by atoms with van der Waals surface area (Å²) in [5.41, 5.74) is 3.07. The van der Waals surface area contributed by atoms with Gasteiger partial charge in [-0.25, -0.2) is 9.59 Å². The van der Waals surface area contributed by atoms with Crippen LogP contribution in [0.2, 0.25) is 0 Å². The number of carbonyl (C=O) groups is 2. The first-order chi connectivity index (χ1) is 15.4. The van der Waals surface area contributed by atoms with Gasteiger partial charge in [0.2, 0.25) is 0 Å². The summed E-state index contributed by atoms with van der Waals surface area (Å²) >= 11 is 0. The zero-order valence-electron chi connectivity index (χ0n) is 18.6. The van der Waals surface area contributed by atoms with E-state index in [4.69, 9.17) is 18.9 Å². The van der Waals surface area contributed by atoms with E-state index in [0.29, 0.717) is 22.8 Å². The van der Waals surface area contributed by atoms with E-state index in [9.17, 15) is 14.7 Å². The van der Waals surface area contributed by atoms with Crippen LogP contribution < -0.4 is 0 Å². The molecular formula is C25H26O7. The van der Waals surface area contributed by atoms with Crippen LogP contribution in [0.4, 0.5) is 0 Å². The second kappa shape index (κ2) is 8.67. The fourth-order valence-corrected chi connectivity index (χ4v) is 4.18. The maximum Gasteiger partial charge on any atom is 0.342 e. The van der Waals surface area contributed by atoms with E-state index in [1.807, 2.05) is 38.1 Å². The third kappa shape index (κ3) is 3.62. The van der Waals surface area contributed by atoms with E-state index >= 15 is 0 Å². The Kier molecular flexibility index (Phi) is 5.93. The highest BCUT2D eigenvalue weighted by Crippen LogP contribution is 2.44. The lowest BCUT2D eigenvalue weighted by Crippen LogP contribution is -2.19. The number of rotatable bonds is 5. The van der Waals surface area contributed by atoms with Crippen molar-refractivity contribution in [1.29, 1.82) is 0 Å². The molecule has 0 amide bonds. The van der Waals surface area contributed by atoms with Crippen molar-refractivity contribution in [1.82, 2.24) is 0 Å². The van der Waals surface area contributed by atoms with Gasteiger partial charge in [-0.2, -0.15) is 0 Å². The number of fused-ring (bicyclic) bond motifs is 2. The molecule has 168 valence electrons. The second-order valence-electron chi connectivity index (χ2n) is 7.78. The molecule has 1 fully saturated rings. The number of phenols is 1. The van der Waals surface area contributed by atoms with Gasteiger partial charge in [-0.1, -0.05) is 12.1 Å². The molecule has 7 nitrogen and oxygen atoms in total. The maximum absolute atomic E-state index is 13.2. The number of ether oxygens (including phenoxy) is 4. The fourth-order valence-electron chi connectivity index (χ4n) is 4.18. The number of benzene rings is 2. The standard InChI is InChI=1S/C25H26O7/c1-5-29-24(27)21-20(15-7-8-18-19(11-15)32-12-31-18)16-9-13(3)14(4)10-17(16)23(26)22(21)25(28)30-6-2/h7-10,19,26H,5-6,11-12H2,1-4H3. The summed E-state index contributed by atoms with van der Waals surface area (Å²) in [5.74, 6) is -1.03. The van der Waals surface area contributed by atoms with Gasteiger partial charge in [0.05, 0.1) is 18.8 Å². The molecule has 1 aliphatic carbocycles. The largest absolute Gasteiger partial charge is 0.506 e. The van der Waals surface area contributed by atoms with Gasteiger partial charge in [-0.05, 0) is 61.9 Å². The lowest BCUT2D eigenvalue weighted by atomic mass is 9.83. The van der Waals surface area contributed by atoms with Crippen molar-refractivity contribution in [2.75, 3.05) is 20.0 Å². The lowest BCUT2D eigenvalue weighted by Gasteiger charge is -2.23. The van der Waals surface area contributed by atoms with Crippen LogP contribution in [0.3, 0.4) is 0 Å². The summed E-state index contributed by atoms with van der Waals surface area (Å²) in [4.78, 5) is 26.1. The monoisotopic (exact) mass is 438 g/mol. The van der Waals surface area contributed by atoms with Crippen LogP contribution in [-0.4, -0.2) is 43.2 Å². The number of esters is 2. The average molecular weight is 438 g/mol. The highest BCUT2D eigenvalue weighted by atomic mass is 16.7. The van der Waals surface area contributed by atoms with E-state index in [1.165, 1.54) is 0 Å². The summed E-state index contributed by atoms with van der Waals surface area (Å²) in [6, 6.07) is 3.74. The second-order valence-corrected chi connectivity index (χ2v) is 7.78. The molecule has 7 heteroatoms. The van der Waals surface area contributed by atoms with Crippen LogP contribution in [0.5, 0.6) is 5.75 Å². The van der Waals surface area contributed by atoms with E-state index < -0.39 is 11.9 Å². The summed E-state index contributed by atoms with van der Waals surface area (Å²) in [5, 5.41) is 12.3. The molecule has 0 radical (unpaired) electrons. The first-order valence-electron chi connectivity index (χ1n) is 10.7. The van der Waals surface area contributed by atoms with Gasteiger partial charge < -0.3 is 24.1 Å². The van der Waals surface area contributed by atoms with E-state index in [-0.39, 0.29) is 43.0 Å². The molecule has 1 atom stereocenters. The van der Waals surface area contributed by atoms with Crippen molar-refractivity contribution < 1.29 is 33.6 Å². The molecular weight excluding hydrogens is 412 g/mol. The Hall–Kier alpha value is -3.32. The Bertz CT molecular complexity index is 1170. The third-order valence-electron chi connectivity index (χ3n) is 5.84. The molecule has 2 aromatic carbocycles. The Morgan fingerprint density at radius 2 is 1.62 bits per heavy atom. The summed E-state index contributed by atoms with van der Waals surface area (Å²) in [6.07, 6.45) is 3.85. The molecule has 0 spiro atoms. The Balaban J connectivity index is 2.10. The molecule has 0 bridgehead atoms. The number of hydrogen-bond acceptors (Lipinski definition) is 7. The maximum atomic E-state index is 13.2. The highest BCUT2D eigenvalue weighted by Gasteiger charge is 2.34. The Morgan fingerprint density at radius 1 is 1.00 bits per heavy atom. The van der Waals surface area contributed by atoms with Crippen molar-refractivity contribution in [2.45, 2.75) is 40.2 Å².